The van der Waals surface area contributed by atoms with Crippen molar-refractivity contribution < 1.29 is 4.79 Å². The minimum Gasteiger partial charge on any atom is -0.319 e. The van der Waals surface area contributed by atoms with Crippen molar-refractivity contribution in [2.75, 3.05) is 5.32 Å². The number of rotatable bonds is 5. The van der Waals surface area contributed by atoms with Gasteiger partial charge in [-0.3, -0.25) is 4.79 Å². The molecule has 29 heavy (non-hydrogen) atoms. The van der Waals surface area contributed by atoms with Crippen molar-refractivity contribution in [2.24, 2.45) is 0 Å². The Bertz CT molecular complexity index is 1140. The molecular formula is C23H19ClN4O. The minimum absolute atomic E-state index is 0.0725. The van der Waals surface area contributed by atoms with Crippen LogP contribution in [0, 0.1) is 0 Å². The molecule has 1 amide bonds. The first-order chi connectivity index (χ1) is 14.2. The van der Waals surface area contributed by atoms with Gasteiger partial charge in [0.2, 0.25) is 5.82 Å². The van der Waals surface area contributed by atoms with E-state index in [4.69, 9.17) is 11.6 Å². The summed E-state index contributed by atoms with van der Waals surface area (Å²) in [5, 5.41) is 7.84. The van der Waals surface area contributed by atoms with E-state index in [9.17, 15) is 4.79 Å². The third-order valence-electron chi connectivity index (χ3n) is 4.54. The molecule has 0 atom stereocenters. The van der Waals surface area contributed by atoms with E-state index < -0.39 is 0 Å². The van der Waals surface area contributed by atoms with Crippen molar-refractivity contribution in [3.05, 3.63) is 95.3 Å². The Hall–Kier alpha value is -3.44. The zero-order valence-corrected chi connectivity index (χ0v) is 16.6. The van der Waals surface area contributed by atoms with Crippen LogP contribution in [0.1, 0.15) is 23.1 Å². The number of carbonyl (C=O) groups is 1. The molecule has 4 rings (SSSR count). The number of anilines is 1. The number of hydrogen-bond donors (Lipinski definition) is 1. The second-order valence-electron chi connectivity index (χ2n) is 6.49. The summed E-state index contributed by atoms with van der Waals surface area (Å²) in [6, 6.07) is 24.6. The van der Waals surface area contributed by atoms with E-state index in [0.717, 1.165) is 12.0 Å². The summed E-state index contributed by atoms with van der Waals surface area (Å²) in [5.41, 5.74) is 3.40. The van der Waals surface area contributed by atoms with E-state index in [-0.39, 0.29) is 11.7 Å². The number of carbonyl (C=O) groups excluding carboxylic acids is 1. The molecule has 1 heterocycles. The summed E-state index contributed by atoms with van der Waals surface area (Å²) in [6.45, 7) is 2.09. The van der Waals surface area contributed by atoms with Gasteiger partial charge in [-0.15, -0.1) is 5.10 Å². The number of amides is 1. The molecule has 0 bridgehead atoms. The fourth-order valence-electron chi connectivity index (χ4n) is 2.98. The molecule has 0 unspecified atom stereocenters. The number of hydrogen-bond acceptors (Lipinski definition) is 3. The predicted octanol–water partition coefficient (Wildman–Crippen LogP) is 5.40. The van der Waals surface area contributed by atoms with E-state index in [1.807, 2.05) is 72.8 Å². The van der Waals surface area contributed by atoms with Crippen molar-refractivity contribution in [2.45, 2.75) is 13.3 Å². The van der Waals surface area contributed by atoms with Crippen LogP contribution in [0.15, 0.2) is 78.9 Å². The zero-order valence-electron chi connectivity index (χ0n) is 15.8. The van der Waals surface area contributed by atoms with Crippen molar-refractivity contribution in [3.8, 4) is 17.1 Å². The highest BCUT2D eigenvalue weighted by atomic mass is 35.5. The van der Waals surface area contributed by atoms with E-state index >= 15 is 0 Å². The molecule has 0 aliphatic rings. The Labute approximate surface area is 174 Å². The first-order valence-electron chi connectivity index (χ1n) is 9.33. The molecule has 1 aromatic heterocycles. The molecule has 0 radical (unpaired) electrons. The lowest BCUT2D eigenvalue weighted by Crippen LogP contribution is -2.14. The first-order valence-corrected chi connectivity index (χ1v) is 9.71. The van der Waals surface area contributed by atoms with Crippen LogP contribution in [0.25, 0.3) is 17.1 Å². The van der Waals surface area contributed by atoms with Gasteiger partial charge in [-0.05, 0) is 36.2 Å². The number of nitrogens with zero attached hydrogens (tertiary/aromatic N) is 3. The first kappa shape index (κ1) is 18.9. The number of halogens is 1. The maximum atomic E-state index is 12.8. The quantitative estimate of drug-likeness (QED) is 0.486. The van der Waals surface area contributed by atoms with Gasteiger partial charge in [0.05, 0.1) is 10.7 Å². The maximum absolute atomic E-state index is 12.8. The second kappa shape index (κ2) is 8.29. The van der Waals surface area contributed by atoms with E-state index in [2.05, 4.69) is 22.3 Å². The van der Waals surface area contributed by atoms with Gasteiger partial charge in [0, 0.05) is 11.3 Å². The monoisotopic (exact) mass is 402 g/mol. The van der Waals surface area contributed by atoms with Crippen LogP contribution in [0.5, 0.6) is 0 Å². The Morgan fingerprint density at radius 1 is 0.966 bits per heavy atom. The largest absolute Gasteiger partial charge is 0.319 e. The van der Waals surface area contributed by atoms with Crippen molar-refractivity contribution in [1.82, 2.24) is 14.8 Å². The Morgan fingerprint density at radius 2 is 1.66 bits per heavy atom. The minimum atomic E-state index is -0.378. The molecule has 0 saturated heterocycles. The van der Waals surface area contributed by atoms with E-state index in [1.165, 1.54) is 5.56 Å². The molecule has 0 fully saturated rings. The zero-order chi connectivity index (χ0) is 20.2. The standard InChI is InChI=1S/C23H19ClN4O/c1-2-16-12-14-18(15-13-16)25-23(29)21-26-22(17-8-4-3-5-9-17)28(27-21)20-11-7-6-10-19(20)24/h3-15H,2H2,1H3,(H,25,29). The number of aryl methyl sites for hydroxylation is 1. The molecule has 0 aliphatic heterocycles. The molecule has 1 N–H and O–H groups in total. The summed E-state index contributed by atoms with van der Waals surface area (Å²) in [6.07, 6.45) is 0.943. The number of benzene rings is 3. The molecule has 0 aliphatic carbocycles. The van der Waals surface area contributed by atoms with Crippen molar-refractivity contribution in [1.29, 1.82) is 0 Å². The number of nitrogens with one attached hydrogen (secondary N) is 1. The molecule has 5 nitrogen and oxygen atoms in total. The summed E-state index contributed by atoms with van der Waals surface area (Å²) in [4.78, 5) is 17.3. The molecule has 4 aromatic rings. The average molecular weight is 403 g/mol. The lowest BCUT2D eigenvalue weighted by atomic mass is 10.1. The Morgan fingerprint density at radius 3 is 2.34 bits per heavy atom. The summed E-state index contributed by atoms with van der Waals surface area (Å²) in [5.74, 6) is 0.241. The molecule has 6 heteroatoms. The maximum Gasteiger partial charge on any atom is 0.295 e. The van der Waals surface area contributed by atoms with Crippen LogP contribution in [0.3, 0.4) is 0 Å². The number of para-hydroxylation sites is 1. The highest BCUT2D eigenvalue weighted by Crippen LogP contribution is 2.26. The summed E-state index contributed by atoms with van der Waals surface area (Å²) in [7, 11) is 0. The van der Waals surface area contributed by atoms with Crippen LogP contribution in [-0.2, 0) is 6.42 Å². The fraction of sp³-hybridized carbons (Fsp3) is 0.0870. The molecule has 144 valence electrons. The van der Waals surface area contributed by atoms with Crippen LogP contribution in [0.4, 0.5) is 5.69 Å². The summed E-state index contributed by atoms with van der Waals surface area (Å²) >= 11 is 6.38. The molecule has 0 saturated carbocycles. The van der Waals surface area contributed by atoms with Gasteiger partial charge in [0.15, 0.2) is 5.82 Å². The molecular weight excluding hydrogens is 384 g/mol. The van der Waals surface area contributed by atoms with Crippen LogP contribution in [-0.4, -0.2) is 20.7 Å². The van der Waals surface area contributed by atoms with E-state index in [0.29, 0.717) is 22.2 Å². The average Bonchev–Trinajstić information content (AvgIpc) is 3.21. The Kier molecular flexibility index (Phi) is 5.40. The van der Waals surface area contributed by atoms with Crippen LogP contribution < -0.4 is 5.32 Å². The Balaban J connectivity index is 1.72. The van der Waals surface area contributed by atoms with Gasteiger partial charge in [-0.1, -0.05) is 73.1 Å². The number of aromatic nitrogens is 3. The van der Waals surface area contributed by atoms with Gasteiger partial charge in [-0.2, -0.15) is 0 Å². The second-order valence-corrected chi connectivity index (χ2v) is 6.90. The summed E-state index contributed by atoms with van der Waals surface area (Å²) < 4.78 is 1.60. The van der Waals surface area contributed by atoms with Gasteiger partial charge < -0.3 is 5.32 Å². The normalized spacial score (nSPS) is 10.7. The topological polar surface area (TPSA) is 59.8 Å². The highest BCUT2D eigenvalue weighted by Gasteiger charge is 2.20. The molecule has 0 spiro atoms. The van der Waals surface area contributed by atoms with Gasteiger partial charge in [0.25, 0.3) is 5.91 Å². The third kappa shape index (κ3) is 4.05. The SMILES string of the molecule is CCc1ccc(NC(=O)c2nc(-c3ccccc3)n(-c3ccccc3Cl)n2)cc1. The van der Waals surface area contributed by atoms with Crippen LogP contribution in [0.2, 0.25) is 5.02 Å². The van der Waals surface area contributed by atoms with Gasteiger partial charge in [-0.25, -0.2) is 9.67 Å². The molecule has 3 aromatic carbocycles. The third-order valence-corrected chi connectivity index (χ3v) is 4.86. The van der Waals surface area contributed by atoms with Gasteiger partial charge >= 0.3 is 0 Å². The lowest BCUT2D eigenvalue weighted by molar-refractivity contribution is 0.101. The smallest absolute Gasteiger partial charge is 0.295 e. The van der Waals surface area contributed by atoms with E-state index in [1.54, 1.807) is 10.7 Å². The predicted molar refractivity (Wildman–Crippen MR) is 116 cm³/mol. The van der Waals surface area contributed by atoms with Crippen molar-refractivity contribution >= 4 is 23.2 Å². The van der Waals surface area contributed by atoms with Crippen LogP contribution >= 0.6 is 11.6 Å². The van der Waals surface area contributed by atoms with Crippen molar-refractivity contribution in [3.63, 3.8) is 0 Å². The fourth-order valence-corrected chi connectivity index (χ4v) is 3.20. The van der Waals surface area contributed by atoms with Gasteiger partial charge in [0.1, 0.15) is 0 Å². The lowest BCUT2D eigenvalue weighted by Gasteiger charge is -2.07. The highest BCUT2D eigenvalue weighted by molar-refractivity contribution is 6.32.